The van der Waals surface area contributed by atoms with E-state index in [2.05, 4.69) is 5.10 Å². The highest BCUT2D eigenvalue weighted by atomic mass is 35.5. The Bertz CT molecular complexity index is 539. The Morgan fingerprint density at radius 2 is 2.28 bits per heavy atom. The molecule has 2 aromatic rings. The minimum Gasteiger partial charge on any atom is -0.327 e. The molecule has 0 fully saturated rings. The molecule has 18 heavy (non-hydrogen) atoms. The number of halogens is 2. The van der Waals surface area contributed by atoms with Gasteiger partial charge in [-0.1, -0.05) is 24.6 Å². The summed E-state index contributed by atoms with van der Waals surface area (Å²) in [6.45, 7) is 2.02. The van der Waals surface area contributed by atoms with E-state index in [1.165, 1.54) is 16.9 Å². The van der Waals surface area contributed by atoms with Gasteiger partial charge in [0.1, 0.15) is 11.5 Å². The van der Waals surface area contributed by atoms with Gasteiger partial charge in [0.25, 0.3) is 0 Å². The van der Waals surface area contributed by atoms with Gasteiger partial charge in [-0.3, -0.25) is 0 Å². The molecule has 96 valence electrons. The Hall–Kier alpha value is -1.39. The zero-order chi connectivity index (χ0) is 13.1. The number of benzene rings is 1. The number of hydrogen-bond acceptors (Lipinski definition) is 2. The van der Waals surface area contributed by atoms with E-state index in [4.69, 9.17) is 17.3 Å². The van der Waals surface area contributed by atoms with Crippen LogP contribution in [0.3, 0.4) is 0 Å². The lowest BCUT2D eigenvalue weighted by molar-refractivity contribution is 0.601. The Morgan fingerprint density at radius 1 is 1.50 bits per heavy atom. The maximum atomic E-state index is 14.0. The van der Waals surface area contributed by atoms with Crippen molar-refractivity contribution in [3.63, 3.8) is 0 Å². The Labute approximate surface area is 110 Å². The first kappa shape index (κ1) is 13.1. The normalized spacial score (nSPS) is 12.7. The second-order valence-electron chi connectivity index (χ2n) is 4.26. The van der Waals surface area contributed by atoms with Crippen molar-refractivity contribution in [2.75, 3.05) is 0 Å². The summed E-state index contributed by atoms with van der Waals surface area (Å²) in [6.07, 6.45) is 4.59. The summed E-state index contributed by atoms with van der Waals surface area (Å²) in [6, 6.07) is 5.12. The maximum absolute atomic E-state index is 14.0. The Morgan fingerprint density at radius 3 is 2.83 bits per heavy atom. The third kappa shape index (κ3) is 2.89. The van der Waals surface area contributed by atoms with Gasteiger partial charge in [-0.05, 0) is 30.5 Å². The van der Waals surface area contributed by atoms with E-state index in [1.54, 1.807) is 12.3 Å². The molecule has 0 aliphatic carbocycles. The van der Waals surface area contributed by atoms with E-state index in [9.17, 15) is 4.39 Å². The quantitative estimate of drug-likeness (QED) is 0.926. The van der Waals surface area contributed by atoms with Gasteiger partial charge in [0.05, 0.1) is 11.2 Å². The summed E-state index contributed by atoms with van der Waals surface area (Å²) >= 11 is 5.76. The molecule has 2 rings (SSSR count). The van der Waals surface area contributed by atoms with Crippen LogP contribution in [0.2, 0.25) is 5.02 Å². The summed E-state index contributed by atoms with van der Waals surface area (Å²) in [5.41, 5.74) is 7.13. The van der Waals surface area contributed by atoms with Gasteiger partial charge >= 0.3 is 0 Å². The predicted octanol–water partition coefficient (Wildman–Crippen LogP) is 2.94. The molecular formula is C13H15ClFN3. The molecule has 0 spiro atoms. The first-order valence-electron chi connectivity index (χ1n) is 5.84. The topological polar surface area (TPSA) is 43.8 Å². The van der Waals surface area contributed by atoms with Crippen molar-refractivity contribution < 1.29 is 4.39 Å². The van der Waals surface area contributed by atoms with Crippen LogP contribution in [0.4, 0.5) is 4.39 Å². The van der Waals surface area contributed by atoms with Crippen molar-refractivity contribution in [2.45, 2.75) is 25.8 Å². The predicted molar refractivity (Wildman–Crippen MR) is 70.5 cm³/mol. The van der Waals surface area contributed by atoms with Crippen molar-refractivity contribution in [2.24, 2.45) is 5.73 Å². The highest BCUT2D eigenvalue weighted by molar-refractivity contribution is 6.30. The lowest BCUT2D eigenvalue weighted by Gasteiger charge is -2.10. The van der Waals surface area contributed by atoms with Gasteiger partial charge in [-0.15, -0.1) is 0 Å². The van der Waals surface area contributed by atoms with Crippen LogP contribution >= 0.6 is 11.6 Å². The molecule has 1 unspecified atom stereocenters. The number of nitrogens with two attached hydrogens (primary N) is 1. The second-order valence-corrected chi connectivity index (χ2v) is 4.70. The van der Waals surface area contributed by atoms with Crippen molar-refractivity contribution in [3.8, 4) is 5.69 Å². The van der Waals surface area contributed by atoms with E-state index >= 15 is 0 Å². The number of aromatic nitrogens is 2. The van der Waals surface area contributed by atoms with Crippen LogP contribution in [0, 0.1) is 5.82 Å². The van der Waals surface area contributed by atoms with E-state index in [-0.39, 0.29) is 11.9 Å². The molecule has 0 amide bonds. The van der Waals surface area contributed by atoms with Crippen molar-refractivity contribution >= 4 is 11.6 Å². The molecule has 2 N–H and O–H groups in total. The van der Waals surface area contributed by atoms with Gasteiger partial charge < -0.3 is 5.73 Å². The fourth-order valence-electron chi connectivity index (χ4n) is 1.74. The standard InChI is InChI=1S/C13H15ClFN3/c1-2-11(16)5-9-3-4-13(12(15)6-9)18-8-10(14)7-17-18/h3-4,6-8,11H,2,5,16H2,1H3. The monoisotopic (exact) mass is 267 g/mol. The van der Waals surface area contributed by atoms with Crippen molar-refractivity contribution in [1.82, 2.24) is 9.78 Å². The van der Waals surface area contributed by atoms with E-state index < -0.39 is 0 Å². The molecule has 0 aliphatic rings. The molecule has 1 aromatic carbocycles. The SMILES string of the molecule is CCC(N)Cc1ccc(-n2cc(Cl)cn2)c(F)c1. The van der Waals surface area contributed by atoms with Gasteiger partial charge in [0.2, 0.25) is 0 Å². The molecule has 0 bridgehead atoms. The minimum atomic E-state index is -0.324. The van der Waals surface area contributed by atoms with Crippen LogP contribution in [-0.4, -0.2) is 15.8 Å². The third-order valence-electron chi connectivity index (χ3n) is 2.83. The molecule has 0 saturated heterocycles. The molecule has 0 saturated carbocycles. The fourth-order valence-corrected chi connectivity index (χ4v) is 1.88. The lowest BCUT2D eigenvalue weighted by atomic mass is 10.0. The van der Waals surface area contributed by atoms with Crippen LogP contribution in [0.5, 0.6) is 0 Å². The first-order valence-corrected chi connectivity index (χ1v) is 6.22. The first-order chi connectivity index (χ1) is 8.60. The van der Waals surface area contributed by atoms with E-state index in [0.29, 0.717) is 17.1 Å². The second kappa shape index (κ2) is 5.50. The van der Waals surface area contributed by atoms with Crippen molar-refractivity contribution in [1.29, 1.82) is 0 Å². The average Bonchev–Trinajstić information content (AvgIpc) is 2.75. The summed E-state index contributed by atoms with van der Waals surface area (Å²) in [5, 5.41) is 4.45. The summed E-state index contributed by atoms with van der Waals surface area (Å²) < 4.78 is 15.4. The molecular weight excluding hydrogens is 253 g/mol. The van der Waals surface area contributed by atoms with Crippen LogP contribution in [0.15, 0.2) is 30.6 Å². The van der Waals surface area contributed by atoms with Crippen LogP contribution in [0.1, 0.15) is 18.9 Å². The summed E-state index contributed by atoms with van der Waals surface area (Å²) in [4.78, 5) is 0. The molecule has 1 aromatic heterocycles. The van der Waals surface area contributed by atoms with Gasteiger partial charge in [-0.25, -0.2) is 9.07 Å². The highest BCUT2D eigenvalue weighted by Gasteiger charge is 2.09. The van der Waals surface area contributed by atoms with Gasteiger partial charge in [0, 0.05) is 12.2 Å². The molecule has 5 heteroatoms. The Kier molecular flexibility index (Phi) is 3.99. The smallest absolute Gasteiger partial charge is 0.149 e. The largest absolute Gasteiger partial charge is 0.327 e. The number of nitrogens with zero attached hydrogens (tertiary/aromatic N) is 2. The molecule has 0 aliphatic heterocycles. The van der Waals surface area contributed by atoms with Gasteiger partial charge in [0.15, 0.2) is 0 Å². The highest BCUT2D eigenvalue weighted by Crippen LogP contribution is 2.17. The van der Waals surface area contributed by atoms with Crippen LogP contribution < -0.4 is 5.73 Å². The average molecular weight is 268 g/mol. The zero-order valence-corrected chi connectivity index (χ0v) is 10.9. The molecule has 3 nitrogen and oxygen atoms in total. The van der Waals surface area contributed by atoms with E-state index in [1.807, 2.05) is 13.0 Å². The summed E-state index contributed by atoms with van der Waals surface area (Å²) in [7, 11) is 0. The molecule has 1 atom stereocenters. The minimum absolute atomic E-state index is 0.0643. The number of hydrogen-bond donors (Lipinski definition) is 1. The number of rotatable bonds is 4. The Balaban J connectivity index is 2.25. The maximum Gasteiger partial charge on any atom is 0.149 e. The van der Waals surface area contributed by atoms with Crippen molar-refractivity contribution in [3.05, 3.63) is 47.0 Å². The van der Waals surface area contributed by atoms with Gasteiger partial charge in [-0.2, -0.15) is 5.10 Å². The van der Waals surface area contributed by atoms with E-state index in [0.717, 1.165) is 12.0 Å². The molecule has 1 heterocycles. The summed E-state index contributed by atoms with van der Waals surface area (Å²) in [5.74, 6) is -0.324. The van der Waals surface area contributed by atoms with Crippen LogP contribution in [-0.2, 0) is 6.42 Å². The zero-order valence-electron chi connectivity index (χ0n) is 10.1. The molecule has 0 radical (unpaired) electrons. The third-order valence-corrected chi connectivity index (χ3v) is 3.03. The fraction of sp³-hybridized carbons (Fsp3) is 0.308. The lowest BCUT2D eigenvalue weighted by Crippen LogP contribution is -2.21. The van der Waals surface area contributed by atoms with Crippen LogP contribution in [0.25, 0.3) is 5.69 Å².